The van der Waals surface area contributed by atoms with E-state index < -0.39 is 20.6 Å². The number of nitrogens with zero attached hydrogens (tertiary/aromatic N) is 2. The molecule has 168 valence electrons. The molecule has 0 atom stereocenters. The summed E-state index contributed by atoms with van der Waals surface area (Å²) in [4.78, 5) is 13.9. The van der Waals surface area contributed by atoms with Gasteiger partial charge in [-0.05, 0) is 43.7 Å². The third-order valence-corrected chi connectivity index (χ3v) is 6.48. The Morgan fingerprint density at radius 2 is 1.79 bits per heavy atom. The number of rotatable bonds is 7. The molecule has 0 fully saturated rings. The molecule has 9 nitrogen and oxygen atoms in total. The molecule has 4 rings (SSSR count). The fraction of sp³-hybridized carbons (Fsp3) is 0.0870. The maximum absolute atomic E-state index is 12.8. The van der Waals surface area contributed by atoms with E-state index in [1.807, 2.05) is 37.3 Å². The van der Waals surface area contributed by atoms with Crippen molar-refractivity contribution < 1.29 is 13.3 Å². The van der Waals surface area contributed by atoms with Gasteiger partial charge in [0, 0.05) is 28.7 Å². The molecule has 0 aliphatic heterocycles. The molecule has 0 spiro atoms. The van der Waals surface area contributed by atoms with Gasteiger partial charge in [-0.15, -0.1) is 0 Å². The molecule has 1 heterocycles. The number of fused-ring (bicyclic) bond motifs is 1. The van der Waals surface area contributed by atoms with Crippen LogP contribution in [0.4, 0.5) is 17.1 Å². The summed E-state index contributed by atoms with van der Waals surface area (Å²) < 4.78 is 28.2. The summed E-state index contributed by atoms with van der Waals surface area (Å²) in [7, 11) is -4.03. The first-order valence-corrected chi connectivity index (χ1v) is 11.5. The van der Waals surface area contributed by atoms with Crippen LogP contribution in [0, 0.1) is 24.0 Å². The summed E-state index contributed by atoms with van der Waals surface area (Å²) in [6.45, 7) is 3.69. The van der Waals surface area contributed by atoms with E-state index in [1.165, 1.54) is 18.3 Å². The van der Waals surface area contributed by atoms with Crippen LogP contribution in [0.25, 0.3) is 10.9 Å². The van der Waals surface area contributed by atoms with Crippen LogP contribution in [-0.2, 0) is 10.0 Å². The smallest absolute Gasteiger partial charge is 0.295 e. The van der Waals surface area contributed by atoms with Gasteiger partial charge in [0.25, 0.3) is 15.7 Å². The van der Waals surface area contributed by atoms with E-state index in [-0.39, 0.29) is 10.6 Å². The van der Waals surface area contributed by atoms with Crippen LogP contribution in [-0.4, -0.2) is 24.5 Å². The minimum atomic E-state index is -4.03. The molecule has 3 aromatic carbocycles. The van der Waals surface area contributed by atoms with E-state index in [1.54, 1.807) is 25.3 Å². The molecule has 0 radical (unpaired) electrons. The third kappa shape index (κ3) is 4.70. The lowest BCUT2D eigenvalue weighted by Gasteiger charge is -2.12. The number of aromatic amines is 1. The number of para-hydroxylation sites is 1. The fourth-order valence-corrected chi connectivity index (χ4v) is 4.58. The summed E-state index contributed by atoms with van der Waals surface area (Å²) in [6, 6.07) is 16.6. The number of hydrazone groups is 1. The average Bonchev–Trinajstić information content (AvgIpc) is 3.19. The van der Waals surface area contributed by atoms with Crippen LogP contribution < -0.4 is 10.1 Å². The topological polar surface area (TPSA) is 129 Å². The predicted molar refractivity (Wildman–Crippen MR) is 129 cm³/mol. The second-order valence-corrected chi connectivity index (χ2v) is 9.20. The van der Waals surface area contributed by atoms with Gasteiger partial charge in [-0.1, -0.05) is 35.9 Å². The Morgan fingerprint density at radius 1 is 1.03 bits per heavy atom. The van der Waals surface area contributed by atoms with Crippen molar-refractivity contribution in [3.8, 4) is 0 Å². The molecule has 0 unspecified atom stereocenters. The quantitative estimate of drug-likeness (QED) is 0.203. The molecule has 4 aromatic rings. The summed E-state index contributed by atoms with van der Waals surface area (Å²) in [6.07, 6.45) is 3.31. The second kappa shape index (κ2) is 8.75. The maximum atomic E-state index is 12.8. The fourth-order valence-electron chi connectivity index (χ4n) is 3.43. The minimum absolute atomic E-state index is 0.0709. The average molecular weight is 464 g/mol. The normalized spacial score (nSPS) is 11.7. The molecule has 10 heteroatoms. The highest BCUT2D eigenvalue weighted by molar-refractivity contribution is 7.92. The molecule has 0 aliphatic rings. The molecular formula is C23H21N5O4S. The Labute approximate surface area is 190 Å². The van der Waals surface area contributed by atoms with Crippen LogP contribution in [0.5, 0.6) is 0 Å². The van der Waals surface area contributed by atoms with E-state index in [0.29, 0.717) is 5.69 Å². The van der Waals surface area contributed by atoms with Gasteiger partial charge in [0.15, 0.2) is 0 Å². The lowest BCUT2D eigenvalue weighted by molar-refractivity contribution is -0.384. The SMILES string of the molecule is Cc1ccc(NS(=O)(=O)c2ccc(N/N=C/c3c[nH]c4ccccc34)c([N+](=O)[O-])c2)c(C)c1. The predicted octanol–water partition coefficient (Wildman–Crippen LogP) is 4.94. The zero-order chi connectivity index (χ0) is 23.6. The van der Waals surface area contributed by atoms with Crippen molar-refractivity contribution >= 4 is 44.2 Å². The van der Waals surface area contributed by atoms with Gasteiger partial charge in [0.1, 0.15) is 5.69 Å². The maximum Gasteiger partial charge on any atom is 0.295 e. The zero-order valence-electron chi connectivity index (χ0n) is 17.9. The van der Waals surface area contributed by atoms with Gasteiger partial charge in [0.05, 0.1) is 21.7 Å². The summed E-state index contributed by atoms with van der Waals surface area (Å²) in [5.41, 5.74) is 6.20. The van der Waals surface area contributed by atoms with Crippen molar-refractivity contribution in [2.24, 2.45) is 5.10 Å². The van der Waals surface area contributed by atoms with E-state index in [9.17, 15) is 18.5 Å². The van der Waals surface area contributed by atoms with Crippen LogP contribution in [0.2, 0.25) is 0 Å². The van der Waals surface area contributed by atoms with Crippen LogP contribution in [0.3, 0.4) is 0 Å². The second-order valence-electron chi connectivity index (χ2n) is 7.52. The van der Waals surface area contributed by atoms with Crippen molar-refractivity contribution in [1.29, 1.82) is 0 Å². The zero-order valence-corrected chi connectivity index (χ0v) is 18.7. The molecular weight excluding hydrogens is 442 g/mol. The molecule has 1 aromatic heterocycles. The van der Waals surface area contributed by atoms with Crippen molar-refractivity contribution in [2.75, 3.05) is 10.1 Å². The Balaban J connectivity index is 1.59. The number of sulfonamides is 1. The largest absolute Gasteiger partial charge is 0.361 e. The highest BCUT2D eigenvalue weighted by atomic mass is 32.2. The van der Waals surface area contributed by atoms with Crippen molar-refractivity contribution in [1.82, 2.24) is 4.98 Å². The number of aromatic nitrogens is 1. The van der Waals surface area contributed by atoms with Gasteiger partial charge in [-0.3, -0.25) is 20.3 Å². The van der Waals surface area contributed by atoms with Crippen LogP contribution in [0.1, 0.15) is 16.7 Å². The van der Waals surface area contributed by atoms with Gasteiger partial charge >= 0.3 is 0 Å². The highest BCUT2D eigenvalue weighted by Crippen LogP contribution is 2.29. The van der Waals surface area contributed by atoms with Gasteiger partial charge in [-0.2, -0.15) is 5.10 Å². The lowest BCUT2D eigenvalue weighted by atomic mass is 10.1. The van der Waals surface area contributed by atoms with Crippen molar-refractivity contribution in [3.63, 3.8) is 0 Å². The van der Waals surface area contributed by atoms with Crippen LogP contribution in [0.15, 0.2) is 76.9 Å². The molecule has 0 saturated carbocycles. The number of anilines is 2. The minimum Gasteiger partial charge on any atom is -0.361 e. The molecule has 3 N–H and O–H groups in total. The summed E-state index contributed by atoms with van der Waals surface area (Å²) in [5.74, 6) is 0. The number of H-pyrrole nitrogens is 1. The Bertz CT molecular complexity index is 1490. The number of nitro benzene ring substituents is 1. The first kappa shape index (κ1) is 22.0. The number of nitrogens with one attached hydrogen (secondary N) is 3. The number of hydrogen-bond donors (Lipinski definition) is 3. The standard InChI is InChI=1S/C23H21N5O4S/c1-15-7-9-20(16(2)11-15)27-33(31,32)18-8-10-22(23(12-18)28(29)30)26-25-14-17-13-24-21-6-4-3-5-19(17)21/h3-14,24,26-27H,1-2H3/b25-14+. The third-order valence-electron chi connectivity index (χ3n) is 5.11. The van der Waals surface area contributed by atoms with E-state index >= 15 is 0 Å². The summed E-state index contributed by atoms with van der Waals surface area (Å²) >= 11 is 0. The lowest BCUT2D eigenvalue weighted by Crippen LogP contribution is -2.14. The first-order chi connectivity index (χ1) is 15.7. The summed E-state index contributed by atoms with van der Waals surface area (Å²) in [5, 5.41) is 16.7. The van der Waals surface area contributed by atoms with E-state index in [0.717, 1.165) is 33.7 Å². The number of hydrogen-bond acceptors (Lipinski definition) is 6. The van der Waals surface area contributed by atoms with Gasteiger partial charge in [0.2, 0.25) is 0 Å². The Hall–Kier alpha value is -4.18. The number of nitro groups is 1. The van der Waals surface area contributed by atoms with E-state index in [2.05, 4.69) is 20.2 Å². The molecule has 0 bridgehead atoms. The Kier molecular flexibility index (Phi) is 5.84. The van der Waals surface area contributed by atoms with Crippen molar-refractivity contribution in [3.05, 3.63) is 93.7 Å². The van der Waals surface area contributed by atoms with Gasteiger partial charge < -0.3 is 4.98 Å². The van der Waals surface area contributed by atoms with Crippen LogP contribution >= 0.6 is 0 Å². The number of aryl methyl sites for hydroxylation is 2. The number of benzene rings is 3. The highest BCUT2D eigenvalue weighted by Gasteiger charge is 2.22. The monoisotopic (exact) mass is 463 g/mol. The first-order valence-electron chi connectivity index (χ1n) is 9.98. The molecule has 0 aliphatic carbocycles. The van der Waals surface area contributed by atoms with Gasteiger partial charge in [-0.25, -0.2) is 8.42 Å². The Morgan fingerprint density at radius 3 is 2.55 bits per heavy atom. The van der Waals surface area contributed by atoms with Crippen molar-refractivity contribution in [2.45, 2.75) is 18.7 Å². The molecule has 0 saturated heterocycles. The molecule has 0 amide bonds. The van der Waals surface area contributed by atoms with E-state index in [4.69, 9.17) is 0 Å². The molecule has 33 heavy (non-hydrogen) atoms.